The van der Waals surface area contributed by atoms with E-state index in [2.05, 4.69) is 0 Å². The SMILES string of the molecule is Cc1cc(F)ccc1CC(N)CC(F)(F)F. The van der Waals surface area contributed by atoms with Crippen LogP contribution < -0.4 is 5.73 Å². The molecule has 1 aromatic carbocycles. The fourth-order valence-corrected chi connectivity index (χ4v) is 1.54. The van der Waals surface area contributed by atoms with Crippen LogP contribution in [0.15, 0.2) is 18.2 Å². The number of hydrogen-bond donors (Lipinski definition) is 1. The lowest BCUT2D eigenvalue weighted by atomic mass is 9.99. The Morgan fingerprint density at radius 1 is 1.31 bits per heavy atom. The van der Waals surface area contributed by atoms with Crippen molar-refractivity contribution < 1.29 is 17.6 Å². The monoisotopic (exact) mass is 235 g/mol. The number of aryl methyl sites for hydroxylation is 1. The fraction of sp³-hybridized carbons (Fsp3) is 0.455. The van der Waals surface area contributed by atoms with E-state index in [1.165, 1.54) is 18.2 Å². The zero-order valence-electron chi connectivity index (χ0n) is 8.81. The molecule has 1 unspecified atom stereocenters. The van der Waals surface area contributed by atoms with E-state index < -0.39 is 24.5 Å². The molecule has 16 heavy (non-hydrogen) atoms. The van der Waals surface area contributed by atoms with E-state index >= 15 is 0 Å². The van der Waals surface area contributed by atoms with Crippen molar-refractivity contribution in [2.45, 2.75) is 32.0 Å². The molecule has 0 radical (unpaired) electrons. The van der Waals surface area contributed by atoms with E-state index in [1.54, 1.807) is 6.92 Å². The van der Waals surface area contributed by atoms with Gasteiger partial charge in [0, 0.05) is 6.04 Å². The average molecular weight is 235 g/mol. The van der Waals surface area contributed by atoms with Crippen molar-refractivity contribution >= 4 is 0 Å². The maximum atomic E-state index is 12.7. The third kappa shape index (κ3) is 4.18. The van der Waals surface area contributed by atoms with Crippen molar-refractivity contribution in [2.75, 3.05) is 0 Å². The smallest absolute Gasteiger partial charge is 0.327 e. The first-order valence-corrected chi connectivity index (χ1v) is 4.85. The maximum absolute atomic E-state index is 12.7. The van der Waals surface area contributed by atoms with Gasteiger partial charge in [-0.3, -0.25) is 0 Å². The molecule has 0 bridgehead atoms. The van der Waals surface area contributed by atoms with Crippen LogP contribution in [0, 0.1) is 12.7 Å². The number of nitrogens with two attached hydrogens (primary N) is 1. The minimum absolute atomic E-state index is 0.103. The standard InChI is InChI=1S/C11H13F4N/c1-7-4-9(12)3-2-8(7)5-10(16)6-11(13,14)15/h2-4,10H,5-6,16H2,1H3. The van der Waals surface area contributed by atoms with Gasteiger partial charge in [-0.1, -0.05) is 6.07 Å². The van der Waals surface area contributed by atoms with Crippen LogP contribution in [0.4, 0.5) is 17.6 Å². The number of benzene rings is 1. The maximum Gasteiger partial charge on any atom is 0.390 e. The average Bonchev–Trinajstić information content (AvgIpc) is 2.06. The van der Waals surface area contributed by atoms with E-state index in [0.717, 1.165) is 0 Å². The zero-order valence-corrected chi connectivity index (χ0v) is 8.81. The van der Waals surface area contributed by atoms with Crippen LogP contribution in [-0.2, 0) is 6.42 Å². The number of alkyl halides is 3. The normalized spacial score (nSPS) is 13.9. The van der Waals surface area contributed by atoms with Gasteiger partial charge in [0.1, 0.15) is 5.82 Å². The van der Waals surface area contributed by atoms with Crippen LogP contribution in [0.2, 0.25) is 0 Å². The van der Waals surface area contributed by atoms with Crippen molar-refractivity contribution in [3.05, 3.63) is 35.1 Å². The first-order chi connectivity index (χ1) is 7.28. The van der Waals surface area contributed by atoms with Crippen molar-refractivity contribution in [1.29, 1.82) is 0 Å². The summed E-state index contributed by atoms with van der Waals surface area (Å²) in [5, 5.41) is 0. The molecule has 0 saturated heterocycles. The van der Waals surface area contributed by atoms with Gasteiger partial charge < -0.3 is 5.73 Å². The Morgan fingerprint density at radius 3 is 2.44 bits per heavy atom. The second-order valence-corrected chi connectivity index (χ2v) is 3.85. The lowest BCUT2D eigenvalue weighted by molar-refractivity contribution is -0.138. The highest BCUT2D eigenvalue weighted by Gasteiger charge is 2.30. The summed E-state index contributed by atoms with van der Waals surface area (Å²) in [5.74, 6) is -0.398. The molecule has 0 aliphatic carbocycles. The van der Waals surface area contributed by atoms with E-state index in [4.69, 9.17) is 5.73 Å². The molecule has 0 fully saturated rings. The Morgan fingerprint density at radius 2 is 1.94 bits per heavy atom. The highest BCUT2D eigenvalue weighted by Crippen LogP contribution is 2.23. The van der Waals surface area contributed by atoms with Crippen LogP contribution in [-0.4, -0.2) is 12.2 Å². The molecule has 90 valence electrons. The third-order valence-corrected chi connectivity index (χ3v) is 2.28. The lowest BCUT2D eigenvalue weighted by Gasteiger charge is -2.15. The third-order valence-electron chi connectivity index (χ3n) is 2.28. The predicted molar refractivity (Wildman–Crippen MR) is 53.5 cm³/mol. The van der Waals surface area contributed by atoms with Crippen molar-refractivity contribution in [3.8, 4) is 0 Å². The molecule has 5 heteroatoms. The molecular weight excluding hydrogens is 222 g/mol. The molecule has 1 nitrogen and oxygen atoms in total. The minimum Gasteiger partial charge on any atom is -0.327 e. The lowest BCUT2D eigenvalue weighted by Crippen LogP contribution is -2.29. The highest BCUT2D eigenvalue weighted by atomic mass is 19.4. The summed E-state index contributed by atoms with van der Waals surface area (Å²) in [7, 11) is 0. The molecule has 1 atom stereocenters. The summed E-state index contributed by atoms with van der Waals surface area (Å²) in [4.78, 5) is 0. The summed E-state index contributed by atoms with van der Waals surface area (Å²) in [6.45, 7) is 1.65. The summed E-state index contributed by atoms with van der Waals surface area (Å²) >= 11 is 0. The molecule has 0 amide bonds. The van der Waals surface area contributed by atoms with Gasteiger partial charge in [-0.25, -0.2) is 4.39 Å². The van der Waals surface area contributed by atoms with Gasteiger partial charge in [0.05, 0.1) is 6.42 Å². The largest absolute Gasteiger partial charge is 0.390 e. The second-order valence-electron chi connectivity index (χ2n) is 3.85. The molecule has 1 aromatic rings. The van der Waals surface area contributed by atoms with Crippen LogP contribution in [0.5, 0.6) is 0 Å². The molecule has 2 N–H and O–H groups in total. The molecular formula is C11H13F4N. The topological polar surface area (TPSA) is 26.0 Å². The van der Waals surface area contributed by atoms with Crippen molar-refractivity contribution in [2.24, 2.45) is 5.73 Å². The highest BCUT2D eigenvalue weighted by molar-refractivity contribution is 5.27. The number of hydrogen-bond acceptors (Lipinski definition) is 1. The summed E-state index contributed by atoms with van der Waals surface area (Å²) in [5.41, 5.74) is 6.66. The molecule has 0 aliphatic heterocycles. The van der Waals surface area contributed by atoms with Crippen LogP contribution >= 0.6 is 0 Å². The van der Waals surface area contributed by atoms with Crippen molar-refractivity contribution in [1.82, 2.24) is 0 Å². The van der Waals surface area contributed by atoms with Crippen LogP contribution in [0.3, 0.4) is 0 Å². The Balaban J connectivity index is 2.66. The molecule has 1 rings (SSSR count). The van der Waals surface area contributed by atoms with Gasteiger partial charge in [-0.05, 0) is 36.6 Å². The van der Waals surface area contributed by atoms with Gasteiger partial charge in [0.25, 0.3) is 0 Å². The quantitative estimate of drug-likeness (QED) is 0.801. The Hall–Kier alpha value is -1.10. The van der Waals surface area contributed by atoms with Crippen LogP contribution in [0.1, 0.15) is 17.5 Å². The molecule has 0 aliphatic rings. The first kappa shape index (κ1) is 13.0. The van der Waals surface area contributed by atoms with Gasteiger partial charge in [-0.2, -0.15) is 13.2 Å². The van der Waals surface area contributed by atoms with Gasteiger partial charge in [0.15, 0.2) is 0 Å². The molecule has 0 spiro atoms. The zero-order chi connectivity index (χ0) is 12.3. The Kier molecular flexibility index (Phi) is 3.91. The van der Waals surface area contributed by atoms with Gasteiger partial charge in [0.2, 0.25) is 0 Å². The number of halogens is 4. The summed E-state index contributed by atoms with van der Waals surface area (Å²) in [6, 6.07) is 3.00. The van der Waals surface area contributed by atoms with Crippen molar-refractivity contribution in [3.63, 3.8) is 0 Å². The Bertz CT molecular complexity index is 359. The first-order valence-electron chi connectivity index (χ1n) is 4.85. The van der Waals surface area contributed by atoms with E-state index in [0.29, 0.717) is 11.1 Å². The van der Waals surface area contributed by atoms with E-state index in [1.807, 2.05) is 0 Å². The van der Waals surface area contributed by atoms with Gasteiger partial charge >= 0.3 is 6.18 Å². The molecule has 0 heterocycles. The minimum atomic E-state index is -4.26. The summed E-state index contributed by atoms with van der Waals surface area (Å²) in [6.07, 6.45) is -5.18. The fourth-order valence-electron chi connectivity index (χ4n) is 1.54. The predicted octanol–water partition coefficient (Wildman–Crippen LogP) is 2.96. The second kappa shape index (κ2) is 4.82. The number of rotatable bonds is 3. The van der Waals surface area contributed by atoms with E-state index in [-0.39, 0.29) is 6.42 Å². The van der Waals surface area contributed by atoms with Gasteiger partial charge in [-0.15, -0.1) is 0 Å². The molecule has 0 aromatic heterocycles. The Labute approximate surface area is 91.3 Å². The summed E-state index contributed by atoms with van der Waals surface area (Å²) < 4.78 is 48.8. The molecule has 0 saturated carbocycles. The van der Waals surface area contributed by atoms with Crippen LogP contribution in [0.25, 0.3) is 0 Å². The van der Waals surface area contributed by atoms with E-state index in [9.17, 15) is 17.6 Å².